The minimum absolute atomic E-state index is 0.0386. The van der Waals surface area contributed by atoms with E-state index in [0.29, 0.717) is 11.6 Å². The highest BCUT2D eigenvalue weighted by Gasteiger charge is 2.26. The average Bonchev–Trinajstić information content (AvgIpc) is 2.81. The number of sulfonamides is 1. The molecule has 2 amide bonds. The second-order valence-corrected chi connectivity index (χ2v) is 10.9. The van der Waals surface area contributed by atoms with Gasteiger partial charge in [-0.05, 0) is 49.6 Å². The van der Waals surface area contributed by atoms with Gasteiger partial charge in [-0.15, -0.1) is 0 Å². The summed E-state index contributed by atoms with van der Waals surface area (Å²) in [7, 11) is -3.82. The molecular weight excluding hydrogens is 512 g/mol. The van der Waals surface area contributed by atoms with Crippen LogP contribution in [0, 0.1) is 11.6 Å². The summed E-state index contributed by atoms with van der Waals surface area (Å²) < 4.78 is 52.5. The number of benzene rings is 2. The normalized spacial score (nSPS) is 12.2. The van der Waals surface area contributed by atoms with Crippen molar-refractivity contribution in [2.45, 2.75) is 52.1 Å². The quantitative estimate of drug-likeness (QED) is 0.377. The van der Waals surface area contributed by atoms with E-state index < -0.39 is 27.7 Å². The van der Waals surface area contributed by atoms with Crippen LogP contribution >= 0.6 is 11.6 Å². The Morgan fingerprint density at radius 1 is 1.08 bits per heavy atom. The molecule has 0 fully saturated rings. The predicted octanol–water partition coefficient (Wildman–Crippen LogP) is 4.50. The standard InChI is InChI=1S/C25H32ClF2N3O4S/c1-4-5-13-29-25(33)18(2)30(17-19-8-6-9-20(26)15-19)24(32)10-7-14-31(36(3,34)35)21-11-12-22(27)23(28)16-21/h6,8-9,11-12,15-16,18H,4-5,7,10,13-14,17H2,1-3H3,(H,29,33)/t18-/m1/s1. The summed E-state index contributed by atoms with van der Waals surface area (Å²) in [5.41, 5.74) is 0.701. The van der Waals surface area contributed by atoms with Gasteiger partial charge in [-0.25, -0.2) is 17.2 Å². The third kappa shape index (κ3) is 8.74. The average molecular weight is 544 g/mol. The first-order valence-electron chi connectivity index (χ1n) is 11.7. The van der Waals surface area contributed by atoms with Crippen molar-refractivity contribution in [1.82, 2.24) is 10.2 Å². The summed E-state index contributed by atoms with van der Waals surface area (Å²) in [6.07, 6.45) is 2.70. The fraction of sp³-hybridized carbons (Fsp3) is 0.440. The molecule has 11 heteroatoms. The van der Waals surface area contributed by atoms with E-state index in [-0.39, 0.29) is 43.4 Å². The minimum Gasteiger partial charge on any atom is -0.354 e. The summed E-state index contributed by atoms with van der Waals surface area (Å²) in [5.74, 6) is -2.91. The van der Waals surface area contributed by atoms with Gasteiger partial charge in [0.1, 0.15) is 6.04 Å². The Kier molecular flexibility index (Phi) is 11.1. The number of carbonyl (C=O) groups is 2. The van der Waals surface area contributed by atoms with E-state index >= 15 is 0 Å². The second kappa shape index (κ2) is 13.5. The van der Waals surface area contributed by atoms with E-state index in [4.69, 9.17) is 11.6 Å². The molecule has 0 saturated carbocycles. The Hall–Kier alpha value is -2.72. The number of hydrogen-bond donors (Lipinski definition) is 1. The largest absolute Gasteiger partial charge is 0.354 e. The Morgan fingerprint density at radius 2 is 1.81 bits per heavy atom. The SMILES string of the molecule is CCCCNC(=O)[C@@H](C)N(Cc1cccc(Cl)c1)C(=O)CCCN(c1ccc(F)c(F)c1)S(C)(=O)=O. The monoisotopic (exact) mass is 543 g/mol. The minimum atomic E-state index is -3.82. The van der Waals surface area contributed by atoms with Gasteiger partial charge in [0.15, 0.2) is 11.6 Å². The van der Waals surface area contributed by atoms with Crippen molar-refractivity contribution in [3.8, 4) is 0 Å². The van der Waals surface area contributed by atoms with Crippen LogP contribution in [0.2, 0.25) is 5.02 Å². The lowest BCUT2D eigenvalue weighted by Crippen LogP contribution is -2.48. The molecule has 0 radical (unpaired) electrons. The Bertz CT molecular complexity index is 1160. The molecule has 2 rings (SSSR count). The zero-order valence-electron chi connectivity index (χ0n) is 20.6. The molecule has 0 saturated heterocycles. The van der Waals surface area contributed by atoms with E-state index in [1.165, 1.54) is 4.90 Å². The number of amides is 2. The maximum Gasteiger partial charge on any atom is 0.242 e. The topological polar surface area (TPSA) is 86.8 Å². The smallest absolute Gasteiger partial charge is 0.242 e. The fourth-order valence-electron chi connectivity index (χ4n) is 3.59. The van der Waals surface area contributed by atoms with Crippen molar-refractivity contribution in [3.63, 3.8) is 0 Å². The van der Waals surface area contributed by atoms with Crippen molar-refractivity contribution in [2.75, 3.05) is 23.7 Å². The van der Waals surface area contributed by atoms with E-state index in [0.717, 1.165) is 47.2 Å². The molecule has 2 aromatic carbocycles. The molecule has 1 atom stereocenters. The van der Waals surface area contributed by atoms with Crippen molar-refractivity contribution in [3.05, 3.63) is 64.7 Å². The molecule has 36 heavy (non-hydrogen) atoms. The lowest BCUT2D eigenvalue weighted by atomic mass is 10.1. The van der Waals surface area contributed by atoms with Gasteiger partial charge in [0, 0.05) is 37.1 Å². The Morgan fingerprint density at radius 3 is 2.42 bits per heavy atom. The number of hydrogen-bond acceptors (Lipinski definition) is 4. The van der Waals surface area contributed by atoms with E-state index in [9.17, 15) is 26.8 Å². The molecule has 198 valence electrons. The highest BCUT2D eigenvalue weighted by molar-refractivity contribution is 7.92. The molecule has 0 spiro atoms. The van der Waals surface area contributed by atoms with E-state index in [1.807, 2.05) is 6.92 Å². The van der Waals surface area contributed by atoms with Crippen LogP contribution in [-0.4, -0.2) is 50.5 Å². The van der Waals surface area contributed by atoms with Crippen LogP contribution in [0.5, 0.6) is 0 Å². The van der Waals surface area contributed by atoms with Crippen LogP contribution in [0.1, 0.15) is 45.1 Å². The fourth-order valence-corrected chi connectivity index (χ4v) is 4.76. The van der Waals surface area contributed by atoms with Crippen molar-refractivity contribution in [1.29, 1.82) is 0 Å². The lowest BCUT2D eigenvalue weighted by molar-refractivity contribution is -0.140. The first-order valence-corrected chi connectivity index (χ1v) is 13.9. The zero-order chi connectivity index (χ0) is 26.9. The molecule has 2 aromatic rings. The van der Waals surface area contributed by atoms with Crippen LogP contribution in [0.15, 0.2) is 42.5 Å². The second-order valence-electron chi connectivity index (χ2n) is 8.51. The Balaban J connectivity index is 2.16. The van der Waals surface area contributed by atoms with Gasteiger partial charge in [0.2, 0.25) is 21.8 Å². The Labute approximate surface area is 216 Å². The molecule has 0 aliphatic carbocycles. The van der Waals surface area contributed by atoms with Gasteiger partial charge in [-0.1, -0.05) is 37.1 Å². The summed E-state index contributed by atoms with van der Waals surface area (Å²) in [4.78, 5) is 27.3. The number of rotatable bonds is 13. The summed E-state index contributed by atoms with van der Waals surface area (Å²) in [6.45, 7) is 4.15. The zero-order valence-corrected chi connectivity index (χ0v) is 22.2. The van der Waals surface area contributed by atoms with Crippen LogP contribution in [0.25, 0.3) is 0 Å². The van der Waals surface area contributed by atoms with E-state index in [2.05, 4.69) is 5.32 Å². The van der Waals surface area contributed by atoms with Crippen LogP contribution in [0.3, 0.4) is 0 Å². The molecule has 0 aromatic heterocycles. The van der Waals surface area contributed by atoms with Gasteiger partial charge < -0.3 is 10.2 Å². The molecule has 7 nitrogen and oxygen atoms in total. The van der Waals surface area contributed by atoms with Crippen LogP contribution in [0.4, 0.5) is 14.5 Å². The maximum atomic E-state index is 13.7. The highest BCUT2D eigenvalue weighted by atomic mass is 35.5. The molecular formula is C25H32ClF2N3O4S. The number of unbranched alkanes of at least 4 members (excludes halogenated alkanes) is 1. The van der Waals surface area contributed by atoms with E-state index in [1.54, 1.807) is 31.2 Å². The maximum absolute atomic E-state index is 13.7. The van der Waals surface area contributed by atoms with Crippen molar-refractivity contribution >= 4 is 39.1 Å². The molecule has 0 unspecified atom stereocenters. The number of nitrogens with zero attached hydrogens (tertiary/aromatic N) is 2. The van der Waals surface area contributed by atoms with Gasteiger partial charge in [-0.3, -0.25) is 13.9 Å². The highest BCUT2D eigenvalue weighted by Crippen LogP contribution is 2.22. The molecule has 0 aliphatic heterocycles. The molecule has 0 aliphatic rings. The predicted molar refractivity (Wildman–Crippen MR) is 137 cm³/mol. The summed E-state index contributed by atoms with van der Waals surface area (Å²) in [6, 6.07) is 8.99. The van der Waals surface area contributed by atoms with Crippen molar-refractivity contribution in [2.24, 2.45) is 0 Å². The number of nitrogens with one attached hydrogen (secondary N) is 1. The van der Waals surface area contributed by atoms with Gasteiger partial charge in [-0.2, -0.15) is 0 Å². The summed E-state index contributed by atoms with van der Waals surface area (Å²) >= 11 is 6.08. The third-order valence-electron chi connectivity index (χ3n) is 5.58. The first kappa shape index (κ1) is 29.5. The number of carbonyl (C=O) groups excluding carboxylic acids is 2. The summed E-state index contributed by atoms with van der Waals surface area (Å²) in [5, 5.41) is 3.32. The molecule has 1 N–H and O–H groups in total. The molecule has 0 heterocycles. The van der Waals surface area contributed by atoms with Gasteiger partial charge in [0.05, 0.1) is 11.9 Å². The lowest BCUT2D eigenvalue weighted by Gasteiger charge is -2.29. The first-order chi connectivity index (χ1) is 16.9. The third-order valence-corrected chi connectivity index (χ3v) is 7.01. The van der Waals surface area contributed by atoms with Crippen molar-refractivity contribution < 1.29 is 26.8 Å². The van der Waals surface area contributed by atoms with Gasteiger partial charge >= 0.3 is 0 Å². The van der Waals surface area contributed by atoms with Gasteiger partial charge in [0.25, 0.3) is 0 Å². The van der Waals surface area contributed by atoms with Crippen LogP contribution in [-0.2, 0) is 26.2 Å². The number of halogens is 3. The molecule has 0 bridgehead atoms. The van der Waals surface area contributed by atoms with Crippen LogP contribution < -0.4 is 9.62 Å². The number of anilines is 1.